The smallest absolute Gasteiger partial charge is 0.269 e. The number of H-pyrrole nitrogens is 1. The average molecular weight is 281 g/mol. The number of carbonyl (C=O) groups is 1. The molecule has 6 nitrogen and oxygen atoms in total. The number of nitrogens with zero attached hydrogens (tertiary/aromatic N) is 3. The highest BCUT2D eigenvalue weighted by Crippen LogP contribution is 2.21. The molecule has 0 radical (unpaired) electrons. The van der Waals surface area contributed by atoms with Crippen molar-refractivity contribution in [1.29, 1.82) is 0 Å². The molecule has 0 saturated carbocycles. The standard InChI is InChI=1S/C15H15N5O/c1-11(19-15(21)13-9-16-10-17-13)12-5-2-3-6-14(12)20-8-4-7-18-20/h2-11H,1H3,(H,16,17)(H,19,21)/t11-/m1/s1. The van der Waals surface area contributed by atoms with Crippen LogP contribution in [0.2, 0.25) is 0 Å². The van der Waals surface area contributed by atoms with Crippen molar-refractivity contribution in [2.45, 2.75) is 13.0 Å². The second-order valence-electron chi connectivity index (χ2n) is 4.67. The molecule has 0 bridgehead atoms. The number of rotatable bonds is 4. The molecule has 1 atom stereocenters. The van der Waals surface area contributed by atoms with Crippen molar-refractivity contribution >= 4 is 5.91 Å². The minimum atomic E-state index is -0.185. The summed E-state index contributed by atoms with van der Waals surface area (Å²) in [5.74, 6) is -0.185. The zero-order valence-electron chi connectivity index (χ0n) is 11.5. The minimum Gasteiger partial charge on any atom is -0.344 e. The van der Waals surface area contributed by atoms with Gasteiger partial charge in [0, 0.05) is 12.4 Å². The van der Waals surface area contributed by atoms with Crippen LogP contribution in [-0.2, 0) is 0 Å². The second kappa shape index (κ2) is 5.62. The molecule has 0 fully saturated rings. The molecule has 2 N–H and O–H groups in total. The molecule has 6 heteroatoms. The van der Waals surface area contributed by atoms with Gasteiger partial charge in [-0.2, -0.15) is 5.10 Å². The molecule has 21 heavy (non-hydrogen) atoms. The van der Waals surface area contributed by atoms with Gasteiger partial charge in [-0.1, -0.05) is 18.2 Å². The fourth-order valence-corrected chi connectivity index (χ4v) is 2.21. The highest BCUT2D eigenvalue weighted by Gasteiger charge is 2.15. The molecule has 1 aromatic carbocycles. The van der Waals surface area contributed by atoms with Crippen LogP contribution in [0, 0.1) is 0 Å². The van der Waals surface area contributed by atoms with Gasteiger partial charge >= 0.3 is 0 Å². The predicted molar refractivity (Wildman–Crippen MR) is 78.0 cm³/mol. The van der Waals surface area contributed by atoms with Crippen LogP contribution >= 0.6 is 0 Å². The van der Waals surface area contributed by atoms with Gasteiger partial charge < -0.3 is 10.3 Å². The van der Waals surface area contributed by atoms with Crippen molar-refractivity contribution in [3.8, 4) is 5.69 Å². The van der Waals surface area contributed by atoms with Gasteiger partial charge in [-0.15, -0.1) is 0 Å². The Labute approximate surface area is 121 Å². The SMILES string of the molecule is C[C@@H](NC(=O)c1cnc[nH]1)c1ccccc1-n1cccn1. The zero-order valence-corrected chi connectivity index (χ0v) is 11.5. The Morgan fingerprint density at radius 3 is 2.90 bits per heavy atom. The van der Waals surface area contributed by atoms with Crippen LogP contribution in [0.15, 0.2) is 55.2 Å². The summed E-state index contributed by atoms with van der Waals surface area (Å²) in [5, 5.41) is 7.20. The second-order valence-corrected chi connectivity index (χ2v) is 4.67. The van der Waals surface area contributed by atoms with Crippen LogP contribution < -0.4 is 5.32 Å². The van der Waals surface area contributed by atoms with Gasteiger partial charge in [0.05, 0.1) is 24.3 Å². The van der Waals surface area contributed by atoms with Gasteiger partial charge in [0.25, 0.3) is 5.91 Å². The number of aromatic nitrogens is 4. The van der Waals surface area contributed by atoms with Crippen molar-refractivity contribution < 1.29 is 4.79 Å². The lowest BCUT2D eigenvalue weighted by Crippen LogP contribution is -2.27. The van der Waals surface area contributed by atoms with Crippen LogP contribution in [-0.4, -0.2) is 25.7 Å². The predicted octanol–water partition coefficient (Wildman–Crippen LogP) is 2.09. The van der Waals surface area contributed by atoms with Crippen LogP contribution in [0.4, 0.5) is 0 Å². The molecule has 0 aliphatic heterocycles. The van der Waals surface area contributed by atoms with Gasteiger partial charge in [0.2, 0.25) is 0 Å². The maximum atomic E-state index is 12.1. The Bertz CT molecular complexity index is 718. The van der Waals surface area contributed by atoms with Crippen LogP contribution in [0.1, 0.15) is 29.0 Å². The van der Waals surface area contributed by atoms with E-state index < -0.39 is 0 Å². The molecule has 0 aliphatic carbocycles. The molecule has 3 aromatic rings. The number of hydrogen-bond donors (Lipinski definition) is 2. The Morgan fingerprint density at radius 2 is 2.19 bits per heavy atom. The van der Waals surface area contributed by atoms with E-state index in [9.17, 15) is 4.79 Å². The summed E-state index contributed by atoms with van der Waals surface area (Å²) in [6, 6.07) is 9.56. The summed E-state index contributed by atoms with van der Waals surface area (Å²) in [4.78, 5) is 18.7. The van der Waals surface area contributed by atoms with E-state index in [-0.39, 0.29) is 11.9 Å². The summed E-state index contributed by atoms with van der Waals surface area (Å²) in [7, 11) is 0. The topological polar surface area (TPSA) is 75.6 Å². The van der Waals surface area contributed by atoms with E-state index in [1.807, 2.05) is 43.5 Å². The molecule has 1 amide bonds. The number of para-hydroxylation sites is 1. The third-order valence-corrected chi connectivity index (χ3v) is 3.24. The number of nitrogens with one attached hydrogen (secondary N) is 2. The summed E-state index contributed by atoms with van der Waals surface area (Å²) in [6.07, 6.45) is 6.59. The molecule has 0 unspecified atom stereocenters. The Morgan fingerprint density at radius 1 is 1.33 bits per heavy atom. The van der Waals surface area contributed by atoms with Crippen LogP contribution in [0.3, 0.4) is 0 Å². The summed E-state index contributed by atoms with van der Waals surface area (Å²) in [6.45, 7) is 1.94. The lowest BCUT2D eigenvalue weighted by molar-refractivity contribution is 0.0935. The average Bonchev–Trinajstić information content (AvgIpc) is 3.20. The van der Waals surface area contributed by atoms with Crippen molar-refractivity contribution in [3.05, 3.63) is 66.5 Å². The maximum absolute atomic E-state index is 12.1. The largest absolute Gasteiger partial charge is 0.344 e. The van der Waals surface area contributed by atoms with E-state index in [0.29, 0.717) is 5.69 Å². The van der Waals surface area contributed by atoms with Gasteiger partial charge in [-0.3, -0.25) is 4.79 Å². The van der Waals surface area contributed by atoms with E-state index in [4.69, 9.17) is 0 Å². The molecule has 0 saturated heterocycles. The summed E-state index contributed by atoms with van der Waals surface area (Å²) < 4.78 is 1.79. The molecule has 0 aliphatic rings. The first kappa shape index (κ1) is 13.1. The zero-order chi connectivity index (χ0) is 14.7. The number of aromatic amines is 1. The first-order valence-corrected chi connectivity index (χ1v) is 6.64. The van der Waals surface area contributed by atoms with Gasteiger partial charge in [0.15, 0.2) is 0 Å². The highest BCUT2D eigenvalue weighted by molar-refractivity contribution is 5.92. The number of carbonyl (C=O) groups excluding carboxylic acids is 1. The van der Waals surface area contributed by atoms with Gasteiger partial charge in [-0.25, -0.2) is 9.67 Å². The number of benzene rings is 1. The third kappa shape index (κ3) is 2.69. The Balaban J connectivity index is 1.85. The minimum absolute atomic E-state index is 0.152. The molecular weight excluding hydrogens is 266 g/mol. The quantitative estimate of drug-likeness (QED) is 0.769. The number of amides is 1. The van der Waals surface area contributed by atoms with Gasteiger partial charge in [-0.05, 0) is 24.6 Å². The van der Waals surface area contributed by atoms with E-state index >= 15 is 0 Å². The number of hydrogen-bond acceptors (Lipinski definition) is 3. The van der Waals surface area contributed by atoms with Crippen molar-refractivity contribution in [2.75, 3.05) is 0 Å². The Kier molecular flexibility index (Phi) is 3.51. The Hall–Kier alpha value is -2.89. The summed E-state index contributed by atoms with van der Waals surface area (Å²) >= 11 is 0. The van der Waals surface area contributed by atoms with E-state index in [0.717, 1.165) is 11.3 Å². The van der Waals surface area contributed by atoms with E-state index in [1.54, 1.807) is 10.9 Å². The maximum Gasteiger partial charge on any atom is 0.269 e. The fourth-order valence-electron chi connectivity index (χ4n) is 2.21. The first-order valence-electron chi connectivity index (χ1n) is 6.64. The molecule has 2 aromatic heterocycles. The molecule has 2 heterocycles. The monoisotopic (exact) mass is 281 g/mol. The molecule has 0 spiro atoms. The van der Waals surface area contributed by atoms with Crippen LogP contribution in [0.5, 0.6) is 0 Å². The van der Waals surface area contributed by atoms with Crippen LogP contribution in [0.25, 0.3) is 5.69 Å². The third-order valence-electron chi connectivity index (χ3n) is 3.24. The lowest BCUT2D eigenvalue weighted by Gasteiger charge is -2.17. The molecule has 3 rings (SSSR count). The van der Waals surface area contributed by atoms with E-state index in [2.05, 4.69) is 20.4 Å². The van der Waals surface area contributed by atoms with Crippen molar-refractivity contribution in [2.24, 2.45) is 0 Å². The highest BCUT2D eigenvalue weighted by atomic mass is 16.1. The lowest BCUT2D eigenvalue weighted by atomic mass is 10.1. The molecule has 106 valence electrons. The molecular formula is C15H15N5O. The fraction of sp³-hybridized carbons (Fsp3) is 0.133. The first-order chi connectivity index (χ1) is 10.3. The normalized spacial score (nSPS) is 12.0. The van der Waals surface area contributed by atoms with Crippen molar-refractivity contribution in [3.63, 3.8) is 0 Å². The van der Waals surface area contributed by atoms with Crippen molar-refractivity contribution in [1.82, 2.24) is 25.1 Å². The van der Waals surface area contributed by atoms with E-state index in [1.165, 1.54) is 12.5 Å². The number of imidazole rings is 1. The van der Waals surface area contributed by atoms with Gasteiger partial charge in [0.1, 0.15) is 5.69 Å². The summed E-state index contributed by atoms with van der Waals surface area (Å²) in [5.41, 5.74) is 2.38.